The number of hydrogen-bond acceptors (Lipinski definition) is 1. The third-order valence-corrected chi connectivity index (χ3v) is 3.97. The Kier molecular flexibility index (Phi) is 4.78. The van der Waals surface area contributed by atoms with Crippen LogP contribution in [0.2, 0.25) is 0 Å². The largest absolute Gasteiger partial charge is 0.321 e. The molecule has 0 spiro atoms. The van der Waals surface area contributed by atoms with E-state index in [-0.39, 0.29) is 16.0 Å². The smallest absolute Gasteiger partial charge is 0.258 e. The van der Waals surface area contributed by atoms with E-state index in [0.29, 0.717) is 0 Å². The summed E-state index contributed by atoms with van der Waals surface area (Å²) < 4.78 is 14.3. The molecule has 1 N–H and O–H groups in total. The molecule has 0 unspecified atom stereocenters. The maximum absolute atomic E-state index is 14.0. The van der Waals surface area contributed by atoms with E-state index >= 15 is 0 Å². The summed E-state index contributed by atoms with van der Waals surface area (Å²) in [6, 6.07) is 10.6. The Labute approximate surface area is 132 Å². The van der Waals surface area contributed by atoms with Gasteiger partial charge in [-0.1, -0.05) is 38.1 Å². The maximum atomic E-state index is 14.0. The summed E-state index contributed by atoms with van der Waals surface area (Å²) in [4.78, 5) is 12.3. The summed E-state index contributed by atoms with van der Waals surface area (Å²) in [6.45, 7) is 6.05. The van der Waals surface area contributed by atoms with E-state index in [1.165, 1.54) is 6.07 Å². The first-order chi connectivity index (χ1) is 9.91. The number of hydrogen-bond donors (Lipinski definition) is 1. The molecule has 0 aliphatic heterocycles. The van der Waals surface area contributed by atoms with Crippen LogP contribution in [0.4, 0.5) is 10.1 Å². The zero-order chi connectivity index (χ0) is 15.6. The number of carbonyl (C=O) groups excluding carboxylic acids is 1. The number of rotatable bonds is 3. The van der Waals surface area contributed by atoms with E-state index in [1.807, 2.05) is 25.1 Å². The van der Waals surface area contributed by atoms with E-state index in [9.17, 15) is 9.18 Å². The Bertz CT molecular complexity index is 682. The summed E-state index contributed by atoms with van der Waals surface area (Å²) in [5.74, 6) is -0.716. The number of carbonyl (C=O) groups is 1. The highest BCUT2D eigenvalue weighted by atomic mass is 79.9. The molecule has 0 bridgehead atoms. The van der Waals surface area contributed by atoms with Crippen molar-refractivity contribution in [1.82, 2.24) is 0 Å². The van der Waals surface area contributed by atoms with Gasteiger partial charge in [-0.25, -0.2) is 4.39 Å². The van der Waals surface area contributed by atoms with Crippen LogP contribution in [0.5, 0.6) is 0 Å². The molecular formula is C17H17BrFNO. The van der Waals surface area contributed by atoms with Crippen LogP contribution in [-0.4, -0.2) is 5.91 Å². The lowest BCUT2D eigenvalue weighted by Gasteiger charge is -2.16. The van der Waals surface area contributed by atoms with Gasteiger partial charge in [0.15, 0.2) is 0 Å². The normalized spacial score (nSPS) is 10.8. The zero-order valence-corrected chi connectivity index (χ0v) is 13.8. The molecule has 2 aromatic carbocycles. The van der Waals surface area contributed by atoms with Crippen molar-refractivity contribution in [2.24, 2.45) is 0 Å². The van der Waals surface area contributed by atoms with Gasteiger partial charge in [-0.3, -0.25) is 4.79 Å². The molecular weight excluding hydrogens is 333 g/mol. The molecule has 2 aromatic rings. The number of anilines is 1. The average Bonchev–Trinajstić information content (AvgIpc) is 2.43. The Balaban J connectivity index is 2.39. The van der Waals surface area contributed by atoms with E-state index in [0.717, 1.165) is 16.8 Å². The highest BCUT2D eigenvalue weighted by Gasteiger charge is 2.17. The summed E-state index contributed by atoms with van der Waals surface area (Å²) in [5, 5.41) is 2.84. The summed E-state index contributed by atoms with van der Waals surface area (Å²) in [5.41, 5.74) is 2.79. The van der Waals surface area contributed by atoms with Crippen molar-refractivity contribution in [2.45, 2.75) is 26.7 Å². The molecule has 1 amide bonds. The Morgan fingerprint density at radius 3 is 2.52 bits per heavy atom. The number of halogens is 2. The minimum Gasteiger partial charge on any atom is -0.321 e. The molecule has 0 radical (unpaired) electrons. The summed E-state index contributed by atoms with van der Waals surface area (Å²) in [6.07, 6.45) is 0. The highest BCUT2D eigenvalue weighted by molar-refractivity contribution is 9.10. The quantitative estimate of drug-likeness (QED) is 0.803. The van der Waals surface area contributed by atoms with Crippen molar-refractivity contribution in [3.8, 4) is 0 Å². The molecule has 2 nitrogen and oxygen atoms in total. The van der Waals surface area contributed by atoms with Crippen LogP contribution >= 0.6 is 15.9 Å². The lowest BCUT2D eigenvalue weighted by molar-refractivity contribution is 0.102. The molecule has 4 heteroatoms. The summed E-state index contributed by atoms with van der Waals surface area (Å²) in [7, 11) is 0. The fraction of sp³-hybridized carbons (Fsp3) is 0.235. The SMILES string of the molecule is Cc1cccc(C(C)C)c1NC(=O)c1cccc(Br)c1F. The highest BCUT2D eigenvalue weighted by Crippen LogP contribution is 2.28. The van der Waals surface area contributed by atoms with Crippen LogP contribution in [0.1, 0.15) is 41.3 Å². The first-order valence-corrected chi connectivity index (χ1v) is 7.56. The second-order valence-corrected chi connectivity index (χ2v) is 6.10. The van der Waals surface area contributed by atoms with Gasteiger partial charge in [-0.05, 0) is 52.0 Å². The first-order valence-electron chi connectivity index (χ1n) is 6.76. The fourth-order valence-corrected chi connectivity index (χ4v) is 2.57. The van der Waals surface area contributed by atoms with Crippen molar-refractivity contribution in [3.05, 3.63) is 63.4 Å². The molecule has 0 heterocycles. The molecule has 2 rings (SSSR count). The molecule has 110 valence electrons. The Morgan fingerprint density at radius 1 is 1.19 bits per heavy atom. The number of amides is 1. The van der Waals surface area contributed by atoms with Crippen molar-refractivity contribution >= 4 is 27.5 Å². The predicted molar refractivity (Wildman–Crippen MR) is 87.3 cm³/mol. The van der Waals surface area contributed by atoms with E-state index in [1.54, 1.807) is 12.1 Å². The van der Waals surface area contributed by atoms with Crippen LogP contribution in [0.3, 0.4) is 0 Å². The van der Waals surface area contributed by atoms with Gasteiger partial charge < -0.3 is 5.32 Å². The second-order valence-electron chi connectivity index (χ2n) is 5.25. The monoisotopic (exact) mass is 349 g/mol. The average molecular weight is 350 g/mol. The van der Waals surface area contributed by atoms with E-state index in [4.69, 9.17) is 0 Å². The van der Waals surface area contributed by atoms with Gasteiger partial charge >= 0.3 is 0 Å². The lowest BCUT2D eigenvalue weighted by Crippen LogP contribution is -2.16. The molecule has 0 aliphatic carbocycles. The van der Waals surface area contributed by atoms with E-state index in [2.05, 4.69) is 35.1 Å². The Hall–Kier alpha value is -1.68. The van der Waals surface area contributed by atoms with Crippen molar-refractivity contribution in [3.63, 3.8) is 0 Å². The molecule has 0 saturated heterocycles. The van der Waals surface area contributed by atoms with Crippen LogP contribution in [0, 0.1) is 12.7 Å². The zero-order valence-electron chi connectivity index (χ0n) is 12.2. The molecule has 0 aliphatic rings. The minimum absolute atomic E-state index is 0.0299. The van der Waals surface area contributed by atoms with Gasteiger partial charge in [0.1, 0.15) is 5.82 Å². The topological polar surface area (TPSA) is 29.1 Å². The second kappa shape index (κ2) is 6.39. The standard InChI is InChI=1S/C17H17BrFNO/c1-10(2)12-7-4-6-11(3)16(12)20-17(21)13-8-5-9-14(18)15(13)19/h4-10H,1-3H3,(H,20,21). The van der Waals surface area contributed by atoms with Gasteiger partial charge in [0, 0.05) is 5.69 Å². The number of para-hydroxylation sites is 1. The first kappa shape index (κ1) is 15.7. The van der Waals surface area contributed by atoms with Crippen LogP contribution < -0.4 is 5.32 Å². The molecule has 0 aromatic heterocycles. The molecule has 0 saturated carbocycles. The van der Waals surface area contributed by atoms with Gasteiger partial charge in [0.25, 0.3) is 5.91 Å². The lowest BCUT2D eigenvalue weighted by atomic mass is 9.98. The van der Waals surface area contributed by atoms with Crippen LogP contribution in [-0.2, 0) is 0 Å². The van der Waals surface area contributed by atoms with Gasteiger partial charge in [0.05, 0.1) is 10.0 Å². The minimum atomic E-state index is -0.547. The Morgan fingerprint density at radius 2 is 1.86 bits per heavy atom. The number of aryl methyl sites for hydroxylation is 1. The molecule has 0 fully saturated rings. The molecule has 21 heavy (non-hydrogen) atoms. The van der Waals surface area contributed by atoms with E-state index < -0.39 is 11.7 Å². The predicted octanol–water partition coefficient (Wildman–Crippen LogP) is 5.27. The van der Waals surface area contributed by atoms with Crippen molar-refractivity contribution in [2.75, 3.05) is 5.32 Å². The van der Waals surface area contributed by atoms with Crippen molar-refractivity contribution in [1.29, 1.82) is 0 Å². The molecule has 0 atom stereocenters. The van der Waals surface area contributed by atoms with Crippen LogP contribution in [0.25, 0.3) is 0 Å². The fourth-order valence-electron chi connectivity index (χ4n) is 2.20. The van der Waals surface area contributed by atoms with Crippen molar-refractivity contribution < 1.29 is 9.18 Å². The number of benzene rings is 2. The number of nitrogens with one attached hydrogen (secondary N) is 1. The van der Waals surface area contributed by atoms with Gasteiger partial charge in [0.2, 0.25) is 0 Å². The van der Waals surface area contributed by atoms with Gasteiger partial charge in [-0.15, -0.1) is 0 Å². The third-order valence-electron chi connectivity index (χ3n) is 3.36. The van der Waals surface area contributed by atoms with Crippen LogP contribution in [0.15, 0.2) is 40.9 Å². The summed E-state index contributed by atoms with van der Waals surface area (Å²) >= 11 is 3.10. The third kappa shape index (κ3) is 3.32. The maximum Gasteiger partial charge on any atom is 0.258 e. The van der Waals surface area contributed by atoms with Gasteiger partial charge in [-0.2, -0.15) is 0 Å².